The molecule has 1 fully saturated rings. The first-order valence-corrected chi connectivity index (χ1v) is 6.21. The molecule has 0 aromatic heterocycles. The van der Waals surface area contributed by atoms with Crippen LogP contribution in [0.2, 0.25) is 0 Å². The topological polar surface area (TPSA) is 12.0 Å². The lowest BCUT2D eigenvalue weighted by atomic mass is 10.0. The van der Waals surface area contributed by atoms with Gasteiger partial charge >= 0.3 is 0 Å². The van der Waals surface area contributed by atoms with Crippen LogP contribution >= 0.6 is 0 Å². The van der Waals surface area contributed by atoms with Gasteiger partial charge in [-0.05, 0) is 24.8 Å². The maximum atomic E-state index is 3.78. The number of hydrogen-bond acceptors (Lipinski definition) is 1. The van der Waals surface area contributed by atoms with E-state index in [1.807, 2.05) is 0 Å². The van der Waals surface area contributed by atoms with Crippen molar-refractivity contribution in [3.8, 4) is 0 Å². The van der Waals surface area contributed by atoms with Gasteiger partial charge in [-0.15, -0.1) is 0 Å². The minimum Gasteiger partial charge on any atom is -0.307 e. The van der Waals surface area contributed by atoms with E-state index in [4.69, 9.17) is 0 Å². The van der Waals surface area contributed by atoms with Gasteiger partial charge in [-0.2, -0.15) is 0 Å². The molecule has 1 N–H and O–H groups in total. The largest absolute Gasteiger partial charge is 0.307 e. The molecule has 0 heterocycles. The van der Waals surface area contributed by atoms with Crippen molar-refractivity contribution >= 4 is 0 Å². The smallest absolute Gasteiger partial charge is 0.0320 e. The van der Waals surface area contributed by atoms with Crippen molar-refractivity contribution in [1.29, 1.82) is 0 Å². The first kappa shape index (κ1) is 10.7. The highest BCUT2D eigenvalue weighted by atomic mass is 15.0. The Morgan fingerprint density at radius 2 is 1.87 bits per heavy atom. The van der Waals surface area contributed by atoms with E-state index in [-0.39, 0.29) is 0 Å². The summed E-state index contributed by atoms with van der Waals surface area (Å²) in [5.41, 5.74) is 1.44. The Morgan fingerprint density at radius 3 is 2.47 bits per heavy atom. The molecular weight excluding hydrogens is 182 g/mol. The van der Waals surface area contributed by atoms with Crippen molar-refractivity contribution in [3.63, 3.8) is 0 Å². The molecule has 1 aromatic carbocycles. The van der Waals surface area contributed by atoms with Crippen LogP contribution in [0.5, 0.6) is 0 Å². The van der Waals surface area contributed by atoms with Crippen LogP contribution < -0.4 is 5.32 Å². The summed E-state index contributed by atoms with van der Waals surface area (Å²) < 4.78 is 0. The second kappa shape index (κ2) is 5.32. The van der Waals surface area contributed by atoms with E-state index >= 15 is 0 Å². The predicted molar refractivity (Wildman–Crippen MR) is 64.9 cm³/mol. The lowest BCUT2D eigenvalue weighted by Crippen LogP contribution is -2.30. The summed E-state index contributed by atoms with van der Waals surface area (Å²) in [4.78, 5) is 0. The maximum Gasteiger partial charge on any atom is 0.0320 e. The van der Waals surface area contributed by atoms with Crippen LogP contribution in [-0.4, -0.2) is 6.04 Å². The van der Waals surface area contributed by atoms with E-state index in [1.165, 1.54) is 37.7 Å². The number of benzene rings is 1. The lowest BCUT2D eigenvalue weighted by molar-refractivity contribution is 0.430. The van der Waals surface area contributed by atoms with E-state index < -0.39 is 0 Å². The molecule has 0 saturated heterocycles. The Kier molecular flexibility index (Phi) is 3.79. The van der Waals surface area contributed by atoms with Gasteiger partial charge in [-0.1, -0.05) is 50.1 Å². The molecule has 1 atom stereocenters. The fourth-order valence-corrected chi connectivity index (χ4v) is 2.51. The van der Waals surface area contributed by atoms with Crippen LogP contribution in [-0.2, 0) is 0 Å². The zero-order valence-electron chi connectivity index (χ0n) is 9.58. The van der Waals surface area contributed by atoms with Crippen LogP contribution in [0.15, 0.2) is 30.3 Å². The number of rotatable bonds is 4. The van der Waals surface area contributed by atoms with Gasteiger partial charge in [0.1, 0.15) is 0 Å². The van der Waals surface area contributed by atoms with Crippen LogP contribution in [0.1, 0.15) is 50.6 Å². The zero-order valence-corrected chi connectivity index (χ0v) is 9.58. The molecule has 0 aliphatic heterocycles. The first-order valence-electron chi connectivity index (χ1n) is 6.21. The van der Waals surface area contributed by atoms with E-state index in [2.05, 4.69) is 42.6 Å². The minimum absolute atomic E-state index is 0.550. The molecule has 1 aromatic rings. The summed E-state index contributed by atoms with van der Waals surface area (Å²) in [6.45, 7) is 2.26. The average Bonchev–Trinajstić information content (AvgIpc) is 2.80. The van der Waals surface area contributed by atoms with Gasteiger partial charge in [0.2, 0.25) is 0 Å². The van der Waals surface area contributed by atoms with Gasteiger partial charge in [0.25, 0.3) is 0 Å². The standard InChI is InChI=1S/C14H21N/c1-2-14(12-8-4-3-5-9-12)15-13-10-6-7-11-13/h3-5,8-9,13-15H,2,6-7,10-11H2,1H3/t14-/m0/s1. The second-order valence-electron chi connectivity index (χ2n) is 4.52. The molecular formula is C14H21N. The maximum absolute atomic E-state index is 3.78. The second-order valence-corrected chi connectivity index (χ2v) is 4.52. The summed E-state index contributed by atoms with van der Waals surface area (Å²) >= 11 is 0. The highest BCUT2D eigenvalue weighted by Crippen LogP contribution is 2.23. The Bertz CT molecular complexity index is 275. The van der Waals surface area contributed by atoms with Gasteiger partial charge in [0.15, 0.2) is 0 Å². The van der Waals surface area contributed by atoms with Gasteiger partial charge in [-0.3, -0.25) is 0 Å². The summed E-state index contributed by atoms with van der Waals surface area (Å²) in [7, 11) is 0. The first-order chi connectivity index (χ1) is 7.40. The zero-order chi connectivity index (χ0) is 10.5. The van der Waals surface area contributed by atoms with Crippen molar-refractivity contribution in [1.82, 2.24) is 5.32 Å². The van der Waals surface area contributed by atoms with Crippen molar-refractivity contribution in [2.75, 3.05) is 0 Å². The molecule has 0 bridgehead atoms. The van der Waals surface area contributed by atoms with Crippen molar-refractivity contribution in [2.45, 2.75) is 51.1 Å². The van der Waals surface area contributed by atoms with E-state index in [0.29, 0.717) is 6.04 Å². The Morgan fingerprint density at radius 1 is 1.20 bits per heavy atom. The number of hydrogen-bond donors (Lipinski definition) is 1. The summed E-state index contributed by atoms with van der Waals surface area (Å²) in [5.74, 6) is 0. The van der Waals surface area contributed by atoms with Crippen LogP contribution in [0.25, 0.3) is 0 Å². The third-order valence-corrected chi connectivity index (χ3v) is 3.40. The lowest BCUT2D eigenvalue weighted by Gasteiger charge is -2.22. The third kappa shape index (κ3) is 2.82. The summed E-state index contributed by atoms with van der Waals surface area (Å²) in [6.07, 6.45) is 6.72. The summed E-state index contributed by atoms with van der Waals surface area (Å²) in [6, 6.07) is 12.1. The van der Waals surface area contributed by atoms with Gasteiger partial charge in [-0.25, -0.2) is 0 Å². The highest BCUT2D eigenvalue weighted by Gasteiger charge is 2.18. The van der Waals surface area contributed by atoms with Crippen LogP contribution in [0.3, 0.4) is 0 Å². The molecule has 1 saturated carbocycles. The molecule has 82 valence electrons. The molecule has 2 rings (SSSR count). The molecule has 1 heteroatoms. The molecule has 0 spiro atoms. The molecule has 15 heavy (non-hydrogen) atoms. The van der Waals surface area contributed by atoms with E-state index in [9.17, 15) is 0 Å². The van der Waals surface area contributed by atoms with E-state index in [1.54, 1.807) is 0 Å². The monoisotopic (exact) mass is 203 g/mol. The van der Waals surface area contributed by atoms with Crippen LogP contribution in [0, 0.1) is 0 Å². The predicted octanol–water partition coefficient (Wildman–Crippen LogP) is 3.67. The van der Waals surface area contributed by atoms with Gasteiger partial charge in [0, 0.05) is 12.1 Å². The van der Waals surface area contributed by atoms with Gasteiger partial charge in [0.05, 0.1) is 0 Å². The Labute approximate surface area is 92.9 Å². The summed E-state index contributed by atoms with van der Waals surface area (Å²) in [5, 5.41) is 3.78. The van der Waals surface area contributed by atoms with Crippen molar-refractivity contribution in [2.24, 2.45) is 0 Å². The van der Waals surface area contributed by atoms with Gasteiger partial charge < -0.3 is 5.32 Å². The normalized spacial score (nSPS) is 19.3. The van der Waals surface area contributed by atoms with E-state index in [0.717, 1.165) is 6.04 Å². The molecule has 1 aliphatic carbocycles. The highest BCUT2D eigenvalue weighted by molar-refractivity contribution is 5.18. The SMILES string of the molecule is CC[C@H](NC1CCCC1)c1ccccc1. The van der Waals surface area contributed by atoms with Crippen LogP contribution in [0.4, 0.5) is 0 Å². The Balaban J connectivity index is 1.97. The van der Waals surface area contributed by atoms with Crippen molar-refractivity contribution < 1.29 is 0 Å². The fourth-order valence-electron chi connectivity index (χ4n) is 2.51. The average molecular weight is 203 g/mol. The quantitative estimate of drug-likeness (QED) is 0.787. The third-order valence-electron chi connectivity index (χ3n) is 3.40. The molecule has 0 unspecified atom stereocenters. The fraction of sp³-hybridized carbons (Fsp3) is 0.571. The van der Waals surface area contributed by atoms with Crippen molar-refractivity contribution in [3.05, 3.63) is 35.9 Å². The minimum atomic E-state index is 0.550. The number of nitrogens with one attached hydrogen (secondary N) is 1. The molecule has 0 amide bonds. The Hall–Kier alpha value is -0.820. The molecule has 0 radical (unpaired) electrons. The molecule has 1 nitrogen and oxygen atoms in total. The molecule has 1 aliphatic rings.